The van der Waals surface area contributed by atoms with Crippen molar-refractivity contribution in [3.8, 4) is 0 Å². The molecule has 0 radical (unpaired) electrons. The minimum absolute atomic E-state index is 0.259. The van der Waals surface area contributed by atoms with Crippen LogP contribution < -0.4 is 31.3 Å². The van der Waals surface area contributed by atoms with E-state index in [0.29, 0.717) is 23.5 Å². The maximum atomic E-state index is 12.6. The first-order chi connectivity index (χ1) is 18.4. The smallest absolute Gasteiger partial charge is 0.319 e. The van der Waals surface area contributed by atoms with Crippen LogP contribution >= 0.6 is 11.9 Å². The predicted molar refractivity (Wildman–Crippen MR) is 153 cm³/mol. The molecule has 0 saturated heterocycles. The summed E-state index contributed by atoms with van der Waals surface area (Å²) in [5.74, 6) is -1.03. The van der Waals surface area contributed by atoms with Gasteiger partial charge in [0.1, 0.15) is 0 Å². The Bertz CT molecular complexity index is 1240. The van der Waals surface area contributed by atoms with Gasteiger partial charge in [-0.15, -0.1) is 0 Å². The summed E-state index contributed by atoms with van der Waals surface area (Å²) in [6.45, 7) is 2.58. The molecule has 0 aliphatic rings. The molecule has 38 heavy (non-hydrogen) atoms. The number of amides is 4. The summed E-state index contributed by atoms with van der Waals surface area (Å²) in [4.78, 5) is 36.9. The van der Waals surface area contributed by atoms with Gasteiger partial charge in [-0.3, -0.25) is 4.79 Å². The first-order valence-corrected chi connectivity index (χ1v) is 12.9. The molecule has 0 aromatic heterocycles. The quantitative estimate of drug-likeness (QED) is 0.147. The SMILES string of the molecule is CCCNC(=O)Nc1cccc(SNc2cccc(C(CC(=O)O)NC(=O)Nc3ccc(NC)cc3)c2)c1. The highest BCUT2D eigenvalue weighted by Gasteiger charge is 2.19. The Balaban J connectivity index is 1.63. The third-order valence-corrected chi connectivity index (χ3v) is 6.15. The van der Waals surface area contributed by atoms with Crippen LogP contribution in [0.5, 0.6) is 0 Å². The molecule has 1 atom stereocenters. The monoisotopic (exact) mass is 536 g/mol. The molecule has 3 rings (SSSR count). The normalized spacial score (nSPS) is 11.1. The van der Waals surface area contributed by atoms with Gasteiger partial charge in [0.15, 0.2) is 0 Å². The number of carbonyl (C=O) groups is 3. The van der Waals surface area contributed by atoms with E-state index in [-0.39, 0.29) is 12.5 Å². The maximum Gasteiger partial charge on any atom is 0.319 e. The number of carboxylic acids is 1. The van der Waals surface area contributed by atoms with Gasteiger partial charge in [0.25, 0.3) is 0 Å². The van der Waals surface area contributed by atoms with Crippen molar-refractivity contribution >= 4 is 52.7 Å². The summed E-state index contributed by atoms with van der Waals surface area (Å²) in [6.07, 6.45) is 0.571. The van der Waals surface area contributed by atoms with E-state index in [0.717, 1.165) is 22.7 Å². The average molecular weight is 537 g/mol. The van der Waals surface area contributed by atoms with Crippen LogP contribution in [0.2, 0.25) is 0 Å². The van der Waals surface area contributed by atoms with E-state index in [1.165, 1.54) is 11.9 Å². The largest absolute Gasteiger partial charge is 0.481 e. The van der Waals surface area contributed by atoms with Gasteiger partial charge in [-0.1, -0.05) is 25.1 Å². The highest BCUT2D eigenvalue weighted by atomic mass is 32.2. The zero-order chi connectivity index (χ0) is 27.3. The Labute approximate surface area is 226 Å². The number of anilines is 4. The number of carboxylic acid groups (broad SMARTS) is 1. The predicted octanol–water partition coefficient (Wildman–Crippen LogP) is 5.72. The van der Waals surface area contributed by atoms with Gasteiger partial charge < -0.3 is 36.4 Å². The minimum atomic E-state index is -1.03. The van der Waals surface area contributed by atoms with Crippen molar-refractivity contribution in [2.24, 2.45) is 0 Å². The molecule has 3 aromatic rings. The highest BCUT2D eigenvalue weighted by molar-refractivity contribution is 8.00. The van der Waals surface area contributed by atoms with Crippen LogP contribution in [0.3, 0.4) is 0 Å². The van der Waals surface area contributed by atoms with Crippen LogP contribution in [-0.4, -0.2) is 36.7 Å². The lowest BCUT2D eigenvalue weighted by atomic mass is 10.0. The van der Waals surface area contributed by atoms with Crippen LogP contribution in [0, 0.1) is 0 Å². The number of rotatable bonds is 12. The molecule has 200 valence electrons. The van der Waals surface area contributed by atoms with Crippen molar-refractivity contribution in [1.29, 1.82) is 0 Å². The third-order valence-electron chi connectivity index (χ3n) is 5.32. The first kappa shape index (κ1) is 28.2. The fraction of sp³-hybridized carbons (Fsp3) is 0.222. The number of nitrogens with one attached hydrogen (secondary N) is 6. The second-order valence-corrected chi connectivity index (χ2v) is 9.19. The van der Waals surface area contributed by atoms with E-state index in [1.54, 1.807) is 43.4 Å². The molecule has 0 spiro atoms. The molecule has 0 aliphatic carbocycles. The van der Waals surface area contributed by atoms with E-state index in [9.17, 15) is 19.5 Å². The molecule has 3 aromatic carbocycles. The molecular weight excluding hydrogens is 504 g/mol. The molecular formula is C27H32N6O4S. The van der Waals surface area contributed by atoms with Crippen LogP contribution in [0.25, 0.3) is 0 Å². The van der Waals surface area contributed by atoms with Gasteiger partial charge in [0, 0.05) is 41.2 Å². The van der Waals surface area contributed by atoms with E-state index in [2.05, 4.69) is 31.3 Å². The van der Waals surface area contributed by atoms with Crippen LogP contribution in [0.15, 0.2) is 77.7 Å². The van der Waals surface area contributed by atoms with Crippen molar-refractivity contribution in [3.05, 3.63) is 78.4 Å². The molecule has 11 heteroatoms. The summed E-state index contributed by atoms with van der Waals surface area (Å²) < 4.78 is 3.23. The molecule has 0 heterocycles. The molecule has 0 saturated carbocycles. The third kappa shape index (κ3) is 9.25. The molecule has 4 amide bonds. The summed E-state index contributed by atoms with van der Waals surface area (Å²) in [7, 11) is 1.80. The fourth-order valence-corrected chi connectivity index (χ4v) is 4.16. The van der Waals surface area contributed by atoms with Crippen molar-refractivity contribution in [2.75, 3.05) is 34.3 Å². The fourth-order valence-electron chi connectivity index (χ4n) is 3.46. The van der Waals surface area contributed by atoms with Crippen molar-refractivity contribution in [1.82, 2.24) is 10.6 Å². The summed E-state index contributed by atoms with van der Waals surface area (Å²) in [5.41, 5.74) is 3.52. The number of carbonyl (C=O) groups excluding carboxylic acids is 2. The van der Waals surface area contributed by atoms with Gasteiger partial charge in [-0.05, 0) is 78.5 Å². The van der Waals surface area contributed by atoms with E-state index in [4.69, 9.17) is 0 Å². The number of hydrogen-bond acceptors (Lipinski definition) is 6. The summed E-state index contributed by atoms with van der Waals surface area (Å²) >= 11 is 1.34. The maximum absolute atomic E-state index is 12.6. The number of hydrogen-bond donors (Lipinski definition) is 7. The standard InChI is InChI=1S/C27H32N6O4S/c1-3-14-29-26(36)31-21-7-5-9-23(16-21)38-33-22-8-4-6-18(15-22)24(17-25(34)35)32-27(37)30-20-12-10-19(28-2)11-13-20/h4-13,15-16,24,28,33H,3,14,17H2,1-2H3,(H,34,35)(H2,29,31,36)(H2,30,32,37). The molecule has 10 nitrogen and oxygen atoms in total. The summed E-state index contributed by atoms with van der Waals surface area (Å²) in [5, 5.41) is 23.5. The Morgan fingerprint density at radius 3 is 2.24 bits per heavy atom. The van der Waals surface area contributed by atoms with Gasteiger partial charge in [-0.2, -0.15) is 0 Å². The van der Waals surface area contributed by atoms with Crippen LogP contribution in [-0.2, 0) is 4.79 Å². The highest BCUT2D eigenvalue weighted by Crippen LogP contribution is 2.27. The topological polar surface area (TPSA) is 144 Å². The molecule has 0 aliphatic heterocycles. The number of aliphatic carboxylic acids is 1. The number of benzene rings is 3. The molecule has 0 fully saturated rings. The Kier molecular flexibility index (Phi) is 10.7. The molecule has 7 N–H and O–H groups in total. The Morgan fingerprint density at radius 1 is 0.842 bits per heavy atom. The Hall–Kier alpha value is -4.38. The minimum Gasteiger partial charge on any atom is -0.481 e. The van der Waals surface area contributed by atoms with Crippen LogP contribution in [0.4, 0.5) is 32.3 Å². The van der Waals surface area contributed by atoms with Crippen molar-refractivity contribution in [2.45, 2.75) is 30.7 Å². The van der Waals surface area contributed by atoms with E-state index in [1.807, 2.05) is 43.3 Å². The van der Waals surface area contributed by atoms with Gasteiger partial charge in [-0.25, -0.2) is 9.59 Å². The van der Waals surface area contributed by atoms with E-state index >= 15 is 0 Å². The van der Waals surface area contributed by atoms with Crippen LogP contribution in [0.1, 0.15) is 31.4 Å². The lowest BCUT2D eigenvalue weighted by Gasteiger charge is -2.19. The molecule has 0 bridgehead atoms. The number of urea groups is 2. The lowest BCUT2D eigenvalue weighted by molar-refractivity contribution is -0.137. The second-order valence-electron chi connectivity index (χ2n) is 8.31. The van der Waals surface area contributed by atoms with E-state index < -0.39 is 18.0 Å². The lowest BCUT2D eigenvalue weighted by Crippen LogP contribution is -2.33. The zero-order valence-corrected chi connectivity index (χ0v) is 22.0. The molecule has 1 unspecified atom stereocenters. The van der Waals surface area contributed by atoms with Gasteiger partial charge in [0.05, 0.1) is 12.5 Å². The first-order valence-electron chi connectivity index (χ1n) is 12.1. The second kappa shape index (κ2) is 14.4. The van der Waals surface area contributed by atoms with Gasteiger partial charge >= 0.3 is 18.0 Å². The van der Waals surface area contributed by atoms with Gasteiger partial charge in [0.2, 0.25) is 0 Å². The zero-order valence-electron chi connectivity index (χ0n) is 21.2. The average Bonchev–Trinajstić information content (AvgIpc) is 2.91. The Morgan fingerprint density at radius 2 is 1.53 bits per heavy atom. The van der Waals surface area contributed by atoms with Crippen molar-refractivity contribution in [3.63, 3.8) is 0 Å². The van der Waals surface area contributed by atoms with Crippen molar-refractivity contribution < 1.29 is 19.5 Å². The summed E-state index contributed by atoms with van der Waals surface area (Å²) in [6, 6.07) is 20.2.